The molecule has 0 unspecified atom stereocenters. The van der Waals surface area contributed by atoms with Crippen LogP contribution >= 0.6 is 0 Å². The fourth-order valence-electron chi connectivity index (χ4n) is 2.34. The van der Waals surface area contributed by atoms with Crippen molar-refractivity contribution in [2.45, 2.75) is 32.8 Å². The quantitative estimate of drug-likeness (QED) is 0.535. The van der Waals surface area contributed by atoms with Crippen LogP contribution in [0.3, 0.4) is 0 Å². The summed E-state index contributed by atoms with van der Waals surface area (Å²) in [5.41, 5.74) is 2.19. The first-order chi connectivity index (χ1) is 12.5. The van der Waals surface area contributed by atoms with Crippen LogP contribution in [0.1, 0.15) is 41.8 Å². The molecule has 2 aromatic carbocycles. The summed E-state index contributed by atoms with van der Waals surface area (Å²) in [5, 5.41) is 8.76. The van der Waals surface area contributed by atoms with Gasteiger partial charge in [0.15, 0.2) is 18.5 Å². The topological polar surface area (TPSA) is 76.4 Å². The second-order valence-electron chi connectivity index (χ2n) is 5.87. The van der Waals surface area contributed by atoms with Gasteiger partial charge in [0.05, 0.1) is 11.6 Å². The zero-order valence-corrected chi connectivity index (χ0v) is 14.9. The van der Waals surface area contributed by atoms with Crippen molar-refractivity contribution >= 4 is 11.8 Å². The number of nitrogens with zero attached hydrogens (tertiary/aromatic N) is 1. The predicted octanol–water partition coefficient (Wildman–Crippen LogP) is 3.70. The number of nitriles is 1. The van der Waals surface area contributed by atoms with Gasteiger partial charge in [-0.2, -0.15) is 5.26 Å². The standard InChI is InChI=1S/C21H21NO4/c1-3-4-16-5-9-18(10-6-16)20(23)14-25-21(24)15(2)26-19-11-7-17(13-22)8-12-19/h5-12,15H,3-4,14H2,1-2H3/t15-/m0/s1. The molecule has 0 aromatic heterocycles. The van der Waals surface area contributed by atoms with Gasteiger partial charge in [-0.05, 0) is 43.2 Å². The molecule has 0 aliphatic heterocycles. The van der Waals surface area contributed by atoms with Crippen molar-refractivity contribution in [3.63, 3.8) is 0 Å². The highest BCUT2D eigenvalue weighted by Crippen LogP contribution is 2.14. The van der Waals surface area contributed by atoms with Crippen LogP contribution in [0, 0.1) is 11.3 Å². The molecule has 5 nitrogen and oxygen atoms in total. The van der Waals surface area contributed by atoms with Gasteiger partial charge in [-0.1, -0.05) is 37.6 Å². The minimum Gasteiger partial charge on any atom is -0.479 e. The minimum absolute atomic E-state index is 0.257. The summed E-state index contributed by atoms with van der Waals surface area (Å²) >= 11 is 0. The normalized spacial score (nSPS) is 11.3. The first-order valence-electron chi connectivity index (χ1n) is 8.49. The molecule has 0 amide bonds. The molecule has 0 spiro atoms. The third kappa shape index (κ3) is 5.45. The van der Waals surface area contributed by atoms with Crippen molar-refractivity contribution in [2.75, 3.05) is 6.61 Å². The molecule has 5 heteroatoms. The predicted molar refractivity (Wildman–Crippen MR) is 97.0 cm³/mol. The molecule has 134 valence electrons. The number of hydrogen-bond acceptors (Lipinski definition) is 5. The second-order valence-corrected chi connectivity index (χ2v) is 5.87. The highest BCUT2D eigenvalue weighted by molar-refractivity contribution is 5.98. The SMILES string of the molecule is CCCc1ccc(C(=O)COC(=O)[C@H](C)Oc2ccc(C#N)cc2)cc1. The van der Waals surface area contributed by atoms with Crippen molar-refractivity contribution in [1.82, 2.24) is 0 Å². The second kappa shape index (κ2) is 9.38. The Kier molecular flexibility index (Phi) is 6.92. The van der Waals surface area contributed by atoms with E-state index in [0.29, 0.717) is 16.9 Å². The van der Waals surface area contributed by atoms with E-state index in [2.05, 4.69) is 6.92 Å². The molecule has 2 rings (SSSR count). The maximum atomic E-state index is 12.1. The molecular formula is C21H21NO4. The minimum atomic E-state index is -0.859. The highest BCUT2D eigenvalue weighted by atomic mass is 16.6. The number of carbonyl (C=O) groups excluding carboxylic acids is 2. The number of Topliss-reactive ketones (excluding diaryl/α,β-unsaturated/α-hetero) is 1. The smallest absolute Gasteiger partial charge is 0.347 e. The van der Waals surface area contributed by atoms with Gasteiger partial charge in [0, 0.05) is 5.56 Å². The summed E-state index contributed by atoms with van der Waals surface area (Å²) in [6.07, 6.45) is 1.15. The lowest BCUT2D eigenvalue weighted by atomic mass is 10.1. The Labute approximate surface area is 153 Å². The van der Waals surface area contributed by atoms with Gasteiger partial charge in [-0.25, -0.2) is 4.79 Å². The molecule has 1 atom stereocenters. The van der Waals surface area contributed by atoms with Crippen molar-refractivity contribution in [2.24, 2.45) is 0 Å². The molecule has 0 radical (unpaired) electrons. The molecule has 0 bridgehead atoms. The zero-order valence-electron chi connectivity index (χ0n) is 14.9. The van der Waals surface area contributed by atoms with Crippen LogP contribution in [0.4, 0.5) is 0 Å². The number of benzene rings is 2. The van der Waals surface area contributed by atoms with Gasteiger partial charge in [-0.3, -0.25) is 4.79 Å². The molecule has 0 saturated heterocycles. The van der Waals surface area contributed by atoms with E-state index in [1.807, 2.05) is 18.2 Å². The van der Waals surface area contributed by atoms with Crippen molar-refractivity contribution < 1.29 is 19.1 Å². The molecule has 26 heavy (non-hydrogen) atoms. The Balaban J connectivity index is 1.84. The summed E-state index contributed by atoms with van der Waals surface area (Å²) in [6, 6.07) is 15.7. The van der Waals surface area contributed by atoms with Gasteiger partial charge in [0.25, 0.3) is 0 Å². The largest absolute Gasteiger partial charge is 0.479 e. The summed E-state index contributed by atoms with van der Waals surface area (Å²) in [6.45, 7) is 3.32. The molecule has 2 aromatic rings. The first-order valence-corrected chi connectivity index (χ1v) is 8.49. The zero-order chi connectivity index (χ0) is 18.9. The Bertz CT molecular complexity index is 788. The summed E-state index contributed by atoms with van der Waals surface area (Å²) in [7, 11) is 0. The maximum Gasteiger partial charge on any atom is 0.347 e. The van der Waals surface area contributed by atoms with Crippen LogP contribution < -0.4 is 4.74 Å². The van der Waals surface area contributed by atoms with E-state index in [9.17, 15) is 9.59 Å². The lowest BCUT2D eigenvalue weighted by Gasteiger charge is -2.13. The molecular weight excluding hydrogens is 330 g/mol. The number of aryl methyl sites for hydroxylation is 1. The van der Waals surface area contributed by atoms with E-state index in [-0.39, 0.29) is 12.4 Å². The van der Waals surface area contributed by atoms with Gasteiger partial charge >= 0.3 is 5.97 Å². The molecule has 0 fully saturated rings. The van der Waals surface area contributed by atoms with Crippen LogP contribution in [-0.4, -0.2) is 24.5 Å². The van der Waals surface area contributed by atoms with Crippen LogP contribution in [0.5, 0.6) is 5.75 Å². The molecule has 0 heterocycles. The molecule has 0 aliphatic carbocycles. The number of carbonyl (C=O) groups is 2. The summed E-state index contributed by atoms with van der Waals surface area (Å²) in [5.74, 6) is -0.427. The lowest BCUT2D eigenvalue weighted by molar-refractivity contribution is -0.149. The maximum absolute atomic E-state index is 12.1. The Morgan fingerprint density at radius 2 is 1.73 bits per heavy atom. The third-order valence-electron chi connectivity index (χ3n) is 3.79. The van der Waals surface area contributed by atoms with E-state index >= 15 is 0 Å². The van der Waals surface area contributed by atoms with Gasteiger partial charge < -0.3 is 9.47 Å². The third-order valence-corrected chi connectivity index (χ3v) is 3.79. The van der Waals surface area contributed by atoms with E-state index in [0.717, 1.165) is 12.8 Å². The van der Waals surface area contributed by atoms with Gasteiger partial charge in [-0.15, -0.1) is 0 Å². The van der Waals surface area contributed by atoms with E-state index < -0.39 is 12.1 Å². The Hall–Kier alpha value is -3.13. The van der Waals surface area contributed by atoms with Crippen molar-refractivity contribution in [1.29, 1.82) is 5.26 Å². The van der Waals surface area contributed by atoms with Crippen molar-refractivity contribution in [3.8, 4) is 11.8 Å². The van der Waals surface area contributed by atoms with Crippen molar-refractivity contribution in [3.05, 3.63) is 65.2 Å². The fraction of sp³-hybridized carbons (Fsp3) is 0.286. The summed E-state index contributed by atoms with van der Waals surface area (Å²) < 4.78 is 10.5. The van der Waals surface area contributed by atoms with Crippen LogP contribution in [0.25, 0.3) is 0 Å². The first kappa shape index (κ1) is 19.2. The van der Waals surface area contributed by atoms with Crippen LogP contribution in [0.2, 0.25) is 0 Å². The number of esters is 1. The molecule has 0 saturated carbocycles. The van der Waals surface area contributed by atoms with E-state index in [1.54, 1.807) is 43.3 Å². The lowest BCUT2D eigenvalue weighted by Crippen LogP contribution is -2.28. The fourth-order valence-corrected chi connectivity index (χ4v) is 2.34. The molecule has 0 N–H and O–H groups in total. The number of hydrogen-bond donors (Lipinski definition) is 0. The van der Waals surface area contributed by atoms with Crippen LogP contribution in [0.15, 0.2) is 48.5 Å². The Morgan fingerprint density at radius 3 is 2.31 bits per heavy atom. The summed E-state index contributed by atoms with van der Waals surface area (Å²) in [4.78, 5) is 24.1. The monoisotopic (exact) mass is 351 g/mol. The van der Waals surface area contributed by atoms with E-state index in [4.69, 9.17) is 14.7 Å². The average molecular weight is 351 g/mol. The number of rotatable bonds is 8. The average Bonchev–Trinajstić information content (AvgIpc) is 2.67. The number of ketones is 1. The Morgan fingerprint density at radius 1 is 1.08 bits per heavy atom. The van der Waals surface area contributed by atoms with Gasteiger partial charge in [0.1, 0.15) is 5.75 Å². The van der Waals surface area contributed by atoms with Crippen LogP contribution in [-0.2, 0) is 16.0 Å². The van der Waals surface area contributed by atoms with Gasteiger partial charge in [0.2, 0.25) is 0 Å². The molecule has 0 aliphatic rings. The van der Waals surface area contributed by atoms with E-state index in [1.165, 1.54) is 5.56 Å². The number of ether oxygens (including phenoxy) is 2. The highest BCUT2D eigenvalue weighted by Gasteiger charge is 2.18.